The molecule has 2 heterocycles. The van der Waals surface area contributed by atoms with Crippen LogP contribution in [0.2, 0.25) is 5.15 Å². The second kappa shape index (κ2) is 5.69. The maximum Gasteiger partial charge on any atom is 0.259 e. The van der Waals surface area contributed by atoms with E-state index in [1.165, 1.54) is 4.40 Å². The molecule has 6 nitrogen and oxygen atoms in total. The first-order chi connectivity index (χ1) is 9.33. The zero-order valence-corrected chi connectivity index (χ0v) is 13.1. The van der Waals surface area contributed by atoms with Crippen molar-refractivity contribution in [2.24, 2.45) is 0 Å². The number of rotatable bonds is 5. The Balaban J connectivity index is 2.35. The normalized spacial score (nSPS) is 14.1. The van der Waals surface area contributed by atoms with Gasteiger partial charge in [0.25, 0.3) is 10.0 Å². The van der Waals surface area contributed by atoms with Crippen molar-refractivity contribution in [3.8, 4) is 0 Å². The molecule has 0 saturated carbocycles. The third-order valence-electron chi connectivity index (χ3n) is 3.15. The number of pyridine rings is 1. The second-order valence-electron chi connectivity index (χ2n) is 4.80. The Morgan fingerprint density at radius 2 is 2.15 bits per heavy atom. The molecule has 0 amide bonds. The van der Waals surface area contributed by atoms with Gasteiger partial charge in [-0.05, 0) is 33.2 Å². The number of nitrogens with zero attached hydrogens (tertiary/aromatic N) is 3. The van der Waals surface area contributed by atoms with E-state index in [4.69, 9.17) is 11.6 Å². The molecule has 0 aliphatic carbocycles. The van der Waals surface area contributed by atoms with E-state index in [9.17, 15) is 8.42 Å². The van der Waals surface area contributed by atoms with Crippen LogP contribution in [-0.2, 0) is 10.0 Å². The lowest BCUT2D eigenvalue weighted by Crippen LogP contribution is -2.38. The lowest BCUT2D eigenvalue weighted by Gasteiger charge is -2.19. The molecule has 0 aromatic carbocycles. The van der Waals surface area contributed by atoms with E-state index in [2.05, 4.69) is 9.71 Å². The van der Waals surface area contributed by atoms with Crippen molar-refractivity contribution in [2.45, 2.75) is 18.0 Å². The number of likely N-dealkylation sites (N-methyl/N-ethyl adjacent to an activating group) is 1. The summed E-state index contributed by atoms with van der Waals surface area (Å²) < 4.78 is 28.8. The molecule has 0 aliphatic rings. The van der Waals surface area contributed by atoms with Crippen LogP contribution < -0.4 is 4.72 Å². The molecule has 2 aromatic rings. The molecule has 0 radical (unpaired) electrons. The summed E-state index contributed by atoms with van der Waals surface area (Å²) in [5.41, 5.74) is 0.499. The van der Waals surface area contributed by atoms with Crippen LogP contribution in [0.4, 0.5) is 0 Å². The van der Waals surface area contributed by atoms with Crippen molar-refractivity contribution >= 4 is 27.3 Å². The maximum atomic E-state index is 12.4. The zero-order valence-electron chi connectivity index (χ0n) is 11.5. The van der Waals surface area contributed by atoms with Crippen LogP contribution in [0.5, 0.6) is 0 Å². The second-order valence-corrected chi connectivity index (χ2v) is 6.84. The number of hydrogen-bond donors (Lipinski definition) is 1. The molecule has 20 heavy (non-hydrogen) atoms. The summed E-state index contributed by atoms with van der Waals surface area (Å²) >= 11 is 5.97. The fourth-order valence-electron chi connectivity index (χ4n) is 1.67. The highest BCUT2D eigenvalue weighted by Gasteiger charge is 2.24. The molecule has 2 aromatic heterocycles. The van der Waals surface area contributed by atoms with E-state index >= 15 is 0 Å². The van der Waals surface area contributed by atoms with Gasteiger partial charge in [0.15, 0.2) is 10.2 Å². The van der Waals surface area contributed by atoms with Crippen LogP contribution in [0.15, 0.2) is 29.4 Å². The maximum absolute atomic E-state index is 12.4. The first kappa shape index (κ1) is 15.2. The monoisotopic (exact) mass is 316 g/mol. The molecule has 110 valence electrons. The van der Waals surface area contributed by atoms with Crippen molar-refractivity contribution in [1.82, 2.24) is 19.0 Å². The average molecular weight is 317 g/mol. The van der Waals surface area contributed by atoms with Gasteiger partial charge >= 0.3 is 0 Å². The molecule has 1 atom stereocenters. The molecule has 0 spiro atoms. The Hall–Kier alpha value is -1.15. The molecule has 0 fully saturated rings. The molecule has 8 heteroatoms. The fraction of sp³-hybridized carbons (Fsp3) is 0.417. The van der Waals surface area contributed by atoms with Gasteiger partial charge in [0.2, 0.25) is 0 Å². The van der Waals surface area contributed by atoms with Gasteiger partial charge < -0.3 is 4.90 Å². The minimum absolute atomic E-state index is 0.0267. The number of aromatic nitrogens is 2. The minimum Gasteiger partial charge on any atom is -0.305 e. The summed E-state index contributed by atoms with van der Waals surface area (Å²) in [5.74, 6) is 0. The number of sulfonamides is 1. The highest BCUT2D eigenvalue weighted by molar-refractivity contribution is 7.89. The number of imidazole rings is 1. The average Bonchev–Trinajstić information content (AvgIpc) is 2.72. The first-order valence-corrected chi connectivity index (χ1v) is 7.97. The predicted molar refractivity (Wildman–Crippen MR) is 78.5 cm³/mol. The highest BCUT2D eigenvalue weighted by Crippen LogP contribution is 2.22. The van der Waals surface area contributed by atoms with Gasteiger partial charge in [0.05, 0.1) is 0 Å². The van der Waals surface area contributed by atoms with Gasteiger partial charge in [-0.15, -0.1) is 0 Å². The Kier molecular flexibility index (Phi) is 4.33. The molecule has 1 N–H and O–H groups in total. The highest BCUT2D eigenvalue weighted by atomic mass is 35.5. The van der Waals surface area contributed by atoms with Gasteiger partial charge in [0.1, 0.15) is 5.65 Å². The molecule has 2 rings (SSSR count). The summed E-state index contributed by atoms with van der Waals surface area (Å²) in [5, 5.41) is -0.0538. The van der Waals surface area contributed by atoms with Crippen LogP contribution in [0, 0.1) is 0 Å². The fourth-order valence-corrected chi connectivity index (χ4v) is 3.43. The first-order valence-electron chi connectivity index (χ1n) is 6.11. The van der Waals surface area contributed by atoms with Crippen LogP contribution >= 0.6 is 11.6 Å². The van der Waals surface area contributed by atoms with E-state index in [1.807, 2.05) is 25.9 Å². The van der Waals surface area contributed by atoms with Crippen molar-refractivity contribution in [3.05, 3.63) is 29.5 Å². The zero-order chi connectivity index (χ0) is 14.9. The number of nitrogens with one attached hydrogen (secondary N) is 1. The summed E-state index contributed by atoms with van der Waals surface area (Å²) in [6.45, 7) is 2.23. The van der Waals surface area contributed by atoms with Crippen molar-refractivity contribution < 1.29 is 8.42 Å². The molecule has 0 saturated heterocycles. The summed E-state index contributed by atoms with van der Waals surface area (Å²) in [4.78, 5) is 5.97. The SMILES string of the molecule is CC(CNS(=O)(=O)c1c(Cl)nc2ccccn12)N(C)C. The Bertz CT molecular complexity index is 711. The van der Waals surface area contributed by atoms with Gasteiger partial charge in [-0.25, -0.2) is 18.1 Å². The van der Waals surface area contributed by atoms with E-state index < -0.39 is 10.0 Å². The Morgan fingerprint density at radius 3 is 2.80 bits per heavy atom. The van der Waals surface area contributed by atoms with Gasteiger partial charge in [-0.3, -0.25) is 4.40 Å². The van der Waals surface area contributed by atoms with Crippen LogP contribution in [0.1, 0.15) is 6.92 Å². The minimum atomic E-state index is -3.71. The van der Waals surface area contributed by atoms with Gasteiger partial charge in [-0.2, -0.15) is 0 Å². The van der Waals surface area contributed by atoms with Gasteiger partial charge in [0, 0.05) is 18.8 Å². The van der Waals surface area contributed by atoms with Crippen molar-refractivity contribution in [3.63, 3.8) is 0 Å². The smallest absolute Gasteiger partial charge is 0.259 e. The Labute approximate surface area is 123 Å². The van der Waals surface area contributed by atoms with Crippen molar-refractivity contribution in [2.75, 3.05) is 20.6 Å². The summed E-state index contributed by atoms with van der Waals surface area (Å²) in [6, 6.07) is 5.28. The summed E-state index contributed by atoms with van der Waals surface area (Å²) in [7, 11) is 0.0672. The van der Waals surface area contributed by atoms with E-state index in [1.54, 1.807) is 24.4 Å². The largest absolute Gasteiger partial charge is 0.305 e. The topological polar surface area (TPSA) is 66.7 Å². The molecular weight excluding hydrogens is 300 g/mol. The standard InChI is InChI=1S/C12H17ClN4O2S/c1-9(16(2)3)8-14-20(18,19)12-11(13)15-10-6-4-5-7-17(10)12/h4-7,9,14H,8H2,1-3H3. The van der Waals surface area contributed by atoms with Gasteiger partial charge in [-0.1, -0.05) is 17.7 Å². The van der Waals surface area contributed by atoms with E-state index in [0.29, 0.717) is 12.2 Å². The Morgan fingerprint density at radius 1 is 1.45 bits per heavy atom. The quantitative estimate of drug-likeness (QED) is 0.900. The number of fused-ring (bicyclic) bond motifs is 1. The molecule has 0 bridgehead atoms. The summed E-state index contributed by atoms with van der Waals surface area (Å²) in [6.07, 6.45) is 1.62. The van der Waals surface area contributed by atoms with Crippen LogP contribution in [0.25, 0.3) is 5.65 Å². The number of halogens is 1. The lowest BCUT2D eigenvalue weighted by atomic mass is 10.3. The number of hydrogen-bond acceptors (Lipinski definition) is 4. The lowest BCUT2D eigenvalue weighted by molar-refractivity contribution is 0.314. The van der Waals surface area contributed by atoms with Crippen LogP contribution in [-0.4, -0.2) is 49.4 Å². The molecule has 0 aliphatic heterocycles. The predicted octanol–water partition coefficient (Wildman–Crippen LogP) is 1.22. The van der Waals surface area contributed by atoms with E-state index in [0.717, 1.165) is 0 Å². The third kappa shape index (κ3) is 2.95. The third-order valence-corrected chi connectivity index (χ3v) is 4.97. The molecular formula is C12H17ClN4O2S. The molecule has 1 unspecified atom stereocenters. The van der Waals surface area contributed by atoms with Crippen LogP contribution in [0.3, 0.4) is 0 Å². The van der Waals surface area contributed by atoms with E-state index in [-0.39, 0.29) is 16.2 Å². The van der Waals surface area contributed by atoms with Crippen molar-refractivity contribution in [1.29, 1.82) is 0 Å².